The minimum atomic E-state index is -1.02. The lowest BCUT2D eigenvalue weighted by atomic mass is 10.1. The molecule has 2 rings (SSSR count). The first-order chi connectivity index (χ1) is 13.2. The minimum Gasteiger partial charge on any atom is -0.453 e. The summed E-state index contributed by atoms with van der Waals surface area (Å²) in [5, 5.41) is 2.58. The van der Waals surface area contributed by atoms with Crippen LogP contribution in [0, 0.1) is 13.8 Å². The van der Waals surface area contributed by atoms with E-state index in [4.69, 9.17) is 10.5 Å². The van der Waals surface area contributed by atoms with Gasteiger partial charge in [0.2, 0.25) is 5.91 Å². The van der Waals surface area contributed by atoms with Gasteiger partial charge in [0.25, 0.3) is 5.91 Å². The highest BCUT2D eigenvalue weighted by atomic mass is 32.1. The molecule has 0 saturated carbocycles. The van der Waals surface area contributed by atoms with E-state index in [9.17, 15) is 19.2 Å². The normalized spacial score (nSPS) is 11.5. The van der Waals surface area contributed by atoms with Crippen molar-refractivity contribution >= 4 is 40.6 Å². The number of thiophene rings is 1. The zero-order valence-corrected chi connectivity index (χ0v) is 16.7. The number of nitrogens with two attached hydrogens (primary N) is 1. The van der Waals surface area contributed by atoms with E-state index < -0.39 is 23.9 Å². The summed E-state index contributed by atoms with van der Waals surface area (Å²) in [5.41, 5.74) is 6.54. The number of hydrogen-bond donors (Lipinski definition) is 2. The van der Waals surface area contributed by atoms with Gasteiger partial charge >= 0.3 is 5.97 Å². The second kappa shape index (κ2) is 9.27. The van der Waals surface area contributed by atoms with Crippen LogP contribution < -0.4 is 11.1 Å². The first kappa shape index (κ1) is 21.3. The van der Waals surface area contributed by atoms with Crippen LogP contribution in [-0.4, -0.2) is 29.7 Å². The van der Waals surface area contributed by atoms with Crippen LogP contribution in [0.1, 0.15) is 50.2 Å². The average Bonchev–Trinajstić information content (AvgIpc) is 2.98. The number of ketones is 1. The van der Waals surface area contributed by atoms with E-state index in [2.05, 4.69) is 5.32 Å². The number of esters is 1. The molecule has 148 valence electrons. The number of ether oxygens (including phenoxy) is 1. The highest BCUT2D eigenvalue weighted by Gasteiger charge is 2.20. The molecule has 0 aliphatic heterocycles. The number of carbonyl (C=O) groups excluding carboxylic acids is 4. The number of benzene rings is 1. The standard InChI is InChI=1S/C20H22N2O5S/c1-11-10-16(13(3)28-11)17(23)8-9-18(24)27-12(2)20(26)22-15-6-4-14(5-7-15)19(21)25/h4-7,10,12H,8-9H2,1-3H3,(H2,21,25)(H,22,26)/t12-/m0/s1. The van der Waals surface area contributed by atoms with Crippen molar-refractivity contribution in [2.24, 2.45) is 5.73 Å². The van der Waals surface area contributed by atoms with Crippen LogP contribution in [0.4, 0.5) is 5.69 Å². The molecule has 2 amide bonds. The zero-order valence-electron chi connectivity index (χ0n) is 15.9. The van der Waals surface area contributed by atoms with Crippen LogP contribution in [0.3, 0.4) is 0 Å². The van der Waals surface area contributed by atoms with Crippen molar-refractivity contribution < 1.29 is 23.9 Å². The maximum absolute atomic E-state index is 12.2. The fraction of sp³-hybridized carbons (Fsp3) is 0.300. The summed E-state index contributed by atoms with van der Waals surface area (Å²) in [6, 6.07) is 7.82. The predicted molar refractivity (Wildman–Crippen MR) is 107 cm³/mol. The zero-order chi connectivity index (χ0) is 20.8. The number of aryl methyl sites for hydroxylation is 2. The van der Waals surface area contributed by atoms with Crippen molar-refractivity contribution in [1.29, 1.82) is 0 Å². The van der Waals surface area contributed by atoms with Gasteiger partial charge in [-0.1, -0.05) is 0 Å². The molecule has 0 bridgehead atoms. The second-order valence-corrected chi connectivity index (χ2v) is 7.77. The smallest absolute Gasteiger partial charge is 0.307 e. The first-order valence-corrected chi connectivity index (χ1v) is 9.49. The van der Waals surface area contributed by atoms with Crippen molar-refractivity contribution in [1.82, 2.24) is 0 Å². The number of amides is 2. The third-order valence-corrected chi connectivity index (χ3v) is 4.98. The number of Topliss-reactive ketones (excluding diaryl/α,β-unsaturated/α-hetero) is 1. The largest absolute Gasteiger partial charge is 0.453 e. The fourth-order valence-corrected chi connectivity index (χ4v) is 3.47. The maximum atomic E-state index is 12.2. The minimum absolute atomic E-state index is 0.0266. The lowest BCUT2D eigenvalue weighted by Gasteiger charge is -2.13. The Bertz CT molecular complexity index is 902. The van der Waals surface area contributed by atoms with Gasteiger partial charge < -0.3 is 15.8 Å². The molecule has 1 heterocycles. The van der Waals surface area contributed by atoms with Crippen molar-refractivity contribution in [2.45, 2.75) is 39.7 Å². The van der Waals surface area contributed by atoms with Crippen LogP contribution in [0.15, 0.2) is 30.3 Å². The highest BCUT2D eigenvalue weighted by Crippen LogP contribution is 2.22. The number of nitrogens with one attached hydrogen (secondary N) is 1. The summed E-state index contributed by atoms with van der Waals surface area (Å²) < 4.78 is 5.09. The van der Waals surface area contributed by atoms with E-state index >= 15 is 0 Å². The quantitative estimate of drug-likeness (QED) is 0.520. The van der Waals surface area contributed by atoms with Gasteiger partial charge in [-0.2, -0.15) is 0 Å². The average molecular weight is 402 g/mol. The van der Waals surface area contributed by atoms with E-state index in [1.54, 1.807) is 0 Å². The van der Waals surface area contributed by atoms with Gasteiger partial charge in [-0.15, -0.1) is 11.3 Å². The van der Waals surface area contributed by atoms with Crippen molar-refractivity contribution in [2.75, 3.05) is 5.32 Å². The fourth-order valence-electron chi connectivity index (χ4n) is 2.53. The van der Waals surface area contributed by atoms with Gasteiger partial charge in [0.1, 0.15) is 0 Å². The first-order valence-electron chi connectivity index (χ1n) is 8.68. The Hall–Kier alpha value is -3.00. The second-order valence-electron chi connectivity index (χ2n) is 6.31. The highest BCUT2D eigenvalue weighted by molar-refractivity contribution is 7.12. The Kier molecular flexibility index (Phi) is 7.06. The van der Waals surface area contributed by atoms with Crippen molar-refractivity contribution in [3.63, 3.8) is 0 Å². The molecule has 8 heteroatoms. The van der Waals surface area contributed by atoms with E-state index in [1.807, 2.05) is 19.9 Å². The van der Waals surface area contributed by atoms with Crippen LogP contribution in [-0.2, 0) is 14.3 Å². The molecule has 7 nitrogen and oxygen atoms in total. The van der Waals surface area contributed by atoms with Gasteiger partial charge in [0.15, 0.2) is 11.9 Å². The number of hydrogen-bond acceptors (Lipinski definition) is 6. The molecule has 0 saturated heterocycles. The Morgan fingerprint density at radius 1 is 1.11 bits per heavy atom. The summed E-state index contributed by atoms with van der Waals surface area (Å²) in [6.07, 6.45) is -1.10. The van der Waals surface area contributed by atoms with E-state index in [-0.39, 0.29) is 18.6 Å². The van der Waals surface area contributed by atoms with Crippen LogP contribution in [0.2, 0.25) is 0 Å². The SMILES string of the molecule is Cc1cc(C(=O)CCC(=O)O[C@@H](C)C(=O)Nc2ccc(C(N)=O)cc2)c(C)s1. The molecular formula is C20H22N2O5S. The van der Waals surface area contributed by atoms with E-state index in [1.165, 1.54) is 42.5 Å². The van der Waals surface area contributed by atoms with E-state index in [0.717, 1.165) is 9.75 Å². The molecule has 3 N–H and O–H groups in total. The number of anilines is 1. The number of carbonyl (C=O) groups is 4. The molecule has 0 fully saturated rings. The molecule has 28 heavy (non-hydrogen) atoms. The molecule has 0 aliphatic carbocycles. The monoisotopic (exact) mass is 402 g/mol. The number of rotatable bonds is 8. The summed E-state index contributed by atoms with van der Waals surface area (Å²) >= 11 is 1.53. The Morgan fingerprint density at radius 2 is 1.75 bits per heavy atom. The molecule has 0 unspecified atom stereocenters. The Labute approximate surface area is 166 Å². The predicted octanol–water partition coefficient (Wildman–Crippen LogP) is 3.00. The van der Waals surface area contributed by atoms with Crippen LogP contribution >= 0.6 is 11.3 Å². The molecule has 1 aromatic carbocycles. The maximum Gasteiger partial charge on any atom is 0.307 e. The lowest BCUT2D eigenvalue weighted by Crippen LogP contribution is -2.30. The molecule has 0 aliphatic rings. The molecule has 2 aromatic rings. The van der Waals surface area contributed by atoms with Gasteiger partial charge in [0.05, 0.1) is 6.42 Å². The summed E-state index contributed by atoms with van der Waals surface area (Å²) in [5.74, 6) is -1.83. The lowest BCUT2D eigenvalue weighted by molar-refractivity contribution is -0.153. The Balaban J connectivity index is 1.82. The van der Waals surface area contributed by atoms with Crippen LogP contribution in [0.5, 0.6) is 0 Å². The Morgan fingerprint density at radius 3 is 2.29 bits per heavy atom. The molecule has 0 spiro atoms. The van der Waals surface area contributed by atoms with Gasteiger partial charge in [0, 0.05) is 33.0 Å². The molecule has 0 radical (unpaired) electrons. The number of primary amides is 1. The molecule has 1 atom stereocenters. The van der Waals surface area contributed by atoms with Crippen LogP contribution in [0.25, 0.3) is 0 Å². The van der Waals surface area contributed by atoms with Gasteiger partial charge in [-0.05, 0) is 51.1 Å². The van der Waals surface area contributed by atoms with E-state index in [0.29, 0.717) is 16.8 Å². The summed E-state index contributed by atoms with van der Waals surface area (Å²) in [4.78, 5) is 49.3. The summed E-state index contributed by atoms with van der Waals surface area (Å²) in [6.45, 7) is 5.23. The molecule has 1 aromatic heterocycles. The summed E-state index contributed by atoms with van der Waals surface area (Å²) in [7, 11) is 0. The third-order valence-electron chi connectivity index (χ3n) is 4.01. The van der Waals surface area contributed by atoms with Gasteiger partial charge in [-0.3, -0.25) is 19.2 Å². The van der Waals surface area contributed by atoms with Crippen molar-refractivity contribution in [3.05, 3.63) is 51.2 Å². The van der Waals surface area contributed by atoms with Gasteiger partial charge in [-0.25, -0.2) is 0 Å². The third kappa shape index (κ3) is 5.75. The topological polar surface area (TPSA) is 116 Å². The molecular weight excluding hydrogens is 380 g/mol. The van der Waals surface area contributed by atoms with Crippen molar-refractivity contribution in [3.8, 4) is 0 Å².